The van der Waals surface area contributed by atoms with Gasteiger partial charge in [-0.3, -0.25) is 4.79 Å². The summed E-state index contributed by atoms with van der Waals surface area (Å²) in [7, 11) is 0. The molecule has 0 saturated heterocycles. The van der Waals surface area contributed by atoms with E-state index < -0.39 is 0 Å². The Kier molecular flexibility index (Phi) is 5.71. The minimum absolute atomic E-state index is 0.0269. The van der Waals surface area contributed by atoms with Crippen molar-refractivity contribution in [3.05, 3.63) is 94.5 Å². The summed E-state index contributed by atoms with van der Waals surface area (Å²) in [5, 5.41) is 2.96. The van der Waals surface area contributed by atoms with Crippen LogP contribution in [0, 0.1) is 5.82 Å². The summed E-state index contributed by atoms with van der Waals surface area (Å²) in [5.41, 5.74) is 4.38. The molecule has 4 nitrogen and oxygen atoms in total. The van der Waals surface area contributed by atoms with Crippen molar-refractivity contribution in [2.75, 3.05) is 0 Å². The van der Waals surface area contributed by atoms with Crippen molar-refractivity contribution in [1.29, 1.82) is 0 Å². The van der Waals surface area contributed by atoms with Crippen LogP contribution in [-0.2, 0) is 17.8 Å². The van der Waals surface area contributed by atoms with Crippen molar-refractivity contribution >= 4 is 27.5 Å². The second-order valence-corrected chi connectivity index (χ2v) is 7.67. The van der Waals surface area contributed by atoms with Gasteiger partial charge in [0.25, 0.3) is 0 Å². The lowest BCUT2D eigenvalue weighted by molar-refractivity contribution is -0.121. The topological polar surface area (TPSA) is 46.4 Å². The highest BCUT2D eigenvalue weighted by molar-refractivity contribution is 9.10. The molecule has 146 valence electrons. The number of amides is 1. The average Bonchev–Trinajstić information content (AvgIpc) is 3.10. The number of hydrogen-bond acceptors (Lipinski definition) is 2. The fourth-order valence-electron chi connectivity index (χ4n) is 3.29. The molecule has 2 heterocycles. The third-order valence-corrected chi connectivity index (χ3v) is 5.21. The first kappa shape index (κ1) is 19.3. The Labute approximate surface area is 176 Å². The van der Waals surface area contributed by atoms with E-state index in [-0.39, 0.29) is 11.7 Å². The highest BCUT2D eigenvalue weighted by atomic mass is 79.9. The van der Waals surface area contributed by atoms with Gasteiger partial charge in [-0.2, -0.15) is 0 Å². The summed E-state index contributed by atoms with van der Waals surface area (Å²) < 4.78 is 16.3. The smallest absolute Gasteiger partial charge is 0.220 e. The van der Waals surface area contributed by atoms with Crippen LogP contribution in [0.15, 0.2) is 77.4 Å². The van der Waals surface area contributed by atoms with E-state index >= 15 is 0 Å². The van der Waals surface area contributed by atoms with Crippen molar-refractivity contribution in [1.82, 2.24) is 14.7 Å². The minimum Gasteiger partial charge on any atom is -0.352 e. The fourth-order valence-corrected chi connectivity index (χ4v) is 3.74. The number of benzene rings is 2. The number of aryl methyl sites for hydroxylation is 1. The number of halogens is 2. The molecule has 6 heteroatoms. The van der Waals surface area contributed by atoms with Gasteiger partial charge in [0, 0.05) is 29.2 Å². The highest BCUT2D eigenvalue weighted by Gasteiger charge is 2.15. The zero-order valence-corrected chi connectivity index (χ0v) is 17.2. The molecule has 0 saturated carbocycles. The molecule has 4 rings (SSSR count). The predicted octanol–water partition coefficient (Wildman–Crippen LogP) is 5.15. The predicted molar refractivity (Wildman–Crippen MR) is 115 cm³/mol. The fraction of sp³-hybridized carbons (Fsp3) is 0.130. The van der Waals surface area contributed by atoms with E-state index in [2.05, 4.69) is 21.2 Å². The molecule has 0 fully saturated rings. The normalized spacial score (nSPS) is 11.0. The van der Waals surface area contributed by atoms with Crippen LogP contribution >= 0.6 is 15.9 Å². The van der Waals surface area contributed by atoms with E-state index in [0.717, 1.165) is 32.6 Å². The van der Waals surface area contributed by atoms with E-state index in [0.29, 0.717) is 19.4 Å². The van der Waals surface area contributed by atoms with Crippen LogP contribution in [0.5, 0.6) is 0 Å². The summed E-state index contributed by atoms with van der Waals surface area (Å²) in [5.74, 6) is -0.313. The second-order valence-electron chi connectivity index (χ2n) is 6.75. The quantitative estimate of drug-likeness (QED) is 0.440. The van der Waals surface area contributed by atoms with Crippen molar-refractivity contribution in [3.8, 4) is 11.3 Å². The lowest BCUT2D eigenvalue weighted by Gasteiger charge is -2.08. The number of fused-ring (bicyclic) bond motifs is 1. The van der Waals surface area contributed by atoms with Gasteiger partial charge in [0.1, 0.15) is 11.5 Å². The number of rotatable bonds is 6. The highest BCUT2D eigenvalue weighted by Crippen LogP contribution is 2.26. The number of carbonyl (C=O) groups excluding carboxylic acids is 1. The van der Waals surface area contributed by atoms with Gasteiger partial charge in [-0.15, -0.1) is 0 Å². The van der Waals surface area contributed by atoms with Crippen molar-refractivity contribution in [3.63, 3.8) is 0 Å². The maximum absolute atomic E-state index is 13.3. The molecule has 29 heavy (non-hydrogen) atoms. The number of nitrogens with zero attached hydrogens (tertiary/aromatic N) is 2. The zero-order valence-electron chi connectivity index (χ0n) is 15.6. The summed E-state index contributed by atoms with van der Waals surface area (Å²) in [6.45, 7) is 0.482. The van der Waals surface area contributed by atoms with E-state index in [1.165, 1.54) is 12.1 Å². The van der Waals surface area contributed by atoms with Crippen LogP contribution in [0.1, 0.15) is 17.7 Å². The molecule has 0 unspecified atom stereocenters. The molecule has 0 bridgehead atoms. The first-order chi connectivity index (χ1) is 14.1. The number of aromatic nitrogens is 2. The van der Waals surface area contributed by atoms with Gasteiger partial charge in [0.15, 0.2) is 0 Å². The molecular formula is C23H19BrFN3O. The second kappa shape index (κ2) is 8.57. The Morgan fingerprint density at radius 1 is 1.07 bits per heavy atom. The molecular weight excluding hydrogens is 433 g/mol. The number of carbonyl (C=O) groups is 1. The molecule has 4 aromatic rings. The maximum Gasteiger partial charge on any atom is 0.220 e. The Balaban J connectivity index is 1.51. The minimum atomic E-state index is -0.286. The van der Waals surface area contributed by atoms with Gasteiger partial charge in [0.05, 0.1) is 11.4 Å². The van der Waals surface area contributed by atoms with E-state index in [1.54, 1.807) is 12.1 Å². The van der Waals surface area contributed by atoms with Crippen LogP contribution in [0.25, 0.3) is 16.9 Å². The summed E-state index contributed by atoms with van der Waals surface area (Å²) in [6.07, 6.45) is 2.80. The number of imidazole rings is 1. The molecule has 0 aliphatic heterocycles. The van der Waals surface area contributed by atoms with E-state index in [1.807, 2.05) is 53.1 Å². The molecule has 2 aromatic carbocycles. The monoisotopic (exact) mass is 451 g/mol. The molecule has 0 radical (unpaired) electrons. The van der Waals surface area contributed by atoms with Crippen molar-refractivity contribution in [2.24, 2.45) is 0 Å². The number of nitrogens with one attached hydrogen (secondary N) is 1. The van der Waals surface area contributed by atoms with Crippen LogP contribution < -0.4 is 5.32 Å². The largest absolute Gasteiger partial charge is 0.352 e. The Morgan fingerprint density at radius 2 is 1.90 bits per heavy atom. The van der Waals surface area contributed by atoms with E-state index in [9.17, 15) is 9.18 Å². The lowest BCUT2D eigenvalue weighted by Crippen LogP contribution is -2.23. The van der Waals surface area contributed by atoms with Crippen LogP contribution in [-0.4, -0.2) is 15.3 Å². The first-order valence-electron chi connectivity index (χ1n) is 9.33. The maximum atomic E-state index is 13.3. The zero-order chi connectivity index (χ0) is 20.2. The molecule has 2 aromatic heterocycles. The standard InChI is InChI=1S/C23H19BrFN3O/c24-18-5-3-4-16(14-18)15-26-22(29)12-11-20-23(17-7-9-19(25)10-8-17)27-21-6-1-2-13-28(20)21/h1-10,13-14H,11-12,15H2,(H,26,29). The third-order valence-electron chi connectivity index (χ3n) is 4.71. The van der Waals surface area contributed by atoms with Gasteiger partial charge >= 0.3 is 0 Å². The summed E-state index contributed by atoms with van der Waals surface area (Å²) in [6, 6.07) is 19.9. The lowest BCUT2D eigenvalue weighted by atomic mass is 10.1. The van der Waals surface area contributed by atoms with E-state index in [4.69, 9.17) is 4.98 Å². The molecule has 0 spiro atoms. The van der Waals surface area contributed by atoms with Gasteiger partial charge in [-0.05, 0) is 60.5 Å². The van der Waals surface area contributed by atoms with Gasteiger partial charge < -0.3 is 9.72 Å². The van der Waals surface area contributed by atoms with Crippen LogP contribution in [0.4, 0.5) is 4.39 Å². The van der Waals surface area contributed by atoms with Crippen LogP contribution in [0.2, 0.25) is 0 Å². The van der Waals surface area contributed by atoms with Gasteiger partial charge in [-0.25, -0.2) is 9.37 Å². The van der Waals surface area contributed by atoms with Crippen LogP contribution in [0.3, 0.4) is 0 Å². The number of pyridine rings is 1. The summed E-state index contributed by atoms with van der Waals surface area (Å²) in [4.78, 5) is 17.1. The van der Waals surface area contributed by atoms with Crippen molar-refractivity contribution in [2.45, 2.75) is 19.4 Å². The Hall–Kier alpha value is -2.99. The molecule has 0 atom stereocenters. The molecule has 1 amide bonds. The Morgan fingerprint density at radius 3 is 2.69 bits per heavy atom. The SMILES string of the molecule is O=C(CCc1c(-c2ccc(F)cc2)nc2ccccn12)NCc1cccc(Br)c1. The average molecular weight is 452 g/mol. The molecule has 1 N–H and O–H groups in total. The van der Waals surface area contributed by atoms with Gasteiger partial charge in [-0.1, -0.05) is 34.1 Å². The third kappa shape index (κ3) is 4.54. The van der Waals surface area contributed by atoms with Crippen molar-refractivity contribution < 1.29 is 9.18 Å². The summed E-state index contributed by atoms with van der Waals surface area (Å²) >= 11 is 3.44. The number of hydrogen-bond donors (Lipinski definition) is 1. The molecule has 0 aliphatic carbocycles. The van der Waals surface area contributed by atoms with Gasteiger partial charge in [0.2, 0.25) is 5.91 Å². The first-order valence-corrected chi connectivity index (χ1v) is 10.1. The molecule has 0 aliphatic rings. The Bertz CT molecular complexity index is 1150.